The van der Waals surface area contributed by atoms with Crippen LogP contribution in [0.25, 0.3) is 0 Å². The number of aliphatic hydroxyl groups is 1. The van der Waals surface area contributed by atoms with E-state index in [1.54, 1.807) is 12.2 Å². The lowest BCUT2D eigenvalue weighted by Crippen LogP contribution is -2.50. The van der Waals surface area contributed by atoms with Crippen molar-refractivity contribution in [3.05, 3.63) is 54.3 Å². The fourth-order valence-electron chi connectivity index (χ4n) is 1.59. The van der Waals surface area contributed by atoms with Gasteiger partial charge in [0.2, 0.25) is 0 Å². The van der Waals surface area contributed by atoms with E-state index in [9.17, 15) is 5.11 Å². The van der Waals surface area contributed by atoms with Crippen molar-refractivity contribution in [2.24, 2.45) is 16.0 Å². The predicted molar refractivity (Wildman–Crippen MR) is 68.1 cm³/mol. The van der Waals surface area contributed by atoms with Gasteiger partial charge >= 0.3 is 0 Å². The molecule has 2 unspecified atom stereocenters. The summed E-state index contributed by atoms with van der Waals surface area (Å²) in [4.78, 5) is 0. The van der Waals surface area contributed by atoms with Gasteiger partial charge in [0.05, 0.1) is 11.4 Å². The zero-order chi connectivity index (χ0) is 13.0. The average Bonchev–Trinajstić information content (AvgIpc) is 2.38. The molecular formula is C13H15N3O2. The summed E-state index contributed by atoms with van der Waals surface area (Å²) < 4.78 is 5.08. The topological polar surface area (TPSA) is 80.2 Å². The SMILES string of the molecule is COC1C=C(N=Nc2ccccc2)C=CC1(N)O. The Hall–Kier alpha value is -1.82. The van der Waals surface area contributed by atoms with E-state index in [-0.39, 0.29) is 0 Å². The second kappa shape index (κ2) is 5.22. The second-order valence-electron chi connectivity index (χ2n) is 4.00. The summed E-state index contributed by atoms with van der Waals surface area (Å²) >= 11 is 0. The molecule has 2 atom stereocenters. The molecule has 0 heterocycles. The van der Waals surface area contributed by atoms with Gasteiger partial charge in [-0.1, -0.05) is 18.2 Å². The molecule has 0 spiro atoms. The Morgan fingerprint density at radius 1 is 1.28 bits per heavy atom. The minimum absolute atomic E-state index is 0.598. The molecule has 5 heteroatoms. The monoisotopic (exact) mass is 245 g/mol. The van der Waals surface area contributed by atoms with Crippen LogP contribution >= 0.6 is 0 Å². The molecule has 1 aromatic rings. The van der Waals surface area contributed by atoms with Crippen LogP contribution in [0.5, 0.6) is 0 Å². The van der Waals surface area contributed by atoms with E-state index in [1.165, 1.54) is 13.2 Å². The molecule has 0 radical (unpaired) electrons. The molecule has 0 aromatic heterocycles. The highest BCUT2D eigenvalue weighted by atomic mass is 16.5. The van der Waals surface area contributed by atoms with Crippen molar-refractivity contribution in [1.82, 2.24) is 0 Å². The van der Waals surface area contributed by atoms with Gasteiger partial charge in [-0.25, -0.2) is 0 Å². The molecule has 18 heavy (non-hydrogen) atoms. The van der Waals surface area contributed by atoms with E-state index in [4.69, 9.17) is 10.5 Å². The average molecular weight is 245 g/mol. The quantitative estimate of drug-likeness (QED) is 0.630. The van der Waals surface area contributed by atoms with E-state index in [0.29, 0.717) is 5.70 Å². The Labute approximate surface area is 105 Å². The first kappa shape index (κ1) is 12.6. The van der Waals surface area contributed by atoms with Gasteiger partial charge in [-0.3, -0.25) is 5.73 Å². The van der Waals surface area contributed by atoms with Gasteiger partial charge in [0.25, 0.3) is 0 Å². The molecule has 0 aliphatic heterocycles. The third-order valence-electron chi connectivity index (χ3n) is 2.59. The number of hydrogen-bond acceptors (Lipinski definition) is 5. The molecule has 0 bridgehead atoms. The van der Waals surface area contributed by atoms with Gasteiger partial charge in [0.15, 0.2) is 5.72 Å². The molecule has 0 fully saturated rings. The molecule has 1 aliphatic rings. The van der Waals surface area contributed by atoms with E-state index in [0.717, 1.165) is 5.69 Å². The van der Waals surface area contributed by atoms with Crippen molar-refractivity contribution >= 4 is 5.69 Å². The third-order valence-corrected chi connectivity index (χ3v) is 2.59. The summed E-state index contributed by atoms with van der Waals surface area (Å²) in [5.74, 6) is 0. The molecule has 1 aromatic carbocycles. The molecule has 0 saturated carbocycles. The first-order valence-corrected chi connectivity index (χ1v) is 5.54. The molecule has 1 aliphatic carbocycles. The Morgan fingerprint density at radius 3 is 2.67 bits per heavy atom. The van der Waals surface area contributed by atoms with Crippen molar-refractivity contribution in [1.29, 1.82) is 0 Å². The number of allylic oxidation sites excluding steroid dienone is 1. The van der Waals surface area contributed by atoms with Crippen molar-refractivity contribution in [2.45, 2.75) is 11.8 Å². The number of benzene rings is 1. The van der Waals surface area contributed by atoms with Gasteiger partial charge in [-0.15, -0.1) is 0 Å². The van der Waals surface area contributed by atoms with Crippen LogP contribution in [-0.2, 0) is 4.74 Å². The lowest BCUT2D eigenvalue weighted by atomic mass is 10.0. The standard InChI is InChI=1S/C13H15N3O2/c1-18-12-9-11(7-8-13(12,14)17)16-15-10-5-3-2-4-6-10/h2-9,12,17H,14H2,1H3. The minimum Gasteiger partial charge on any atom is -0.372 e. The summed E-state index contributed by atoms with van der Waals surface area (Å²) in [7, 11) is 1.48. The van der Waals surface area contributed by atoms with Crippen LogP contribution in [0.1, 0.15) is 0 Å². The predicted octanol–water partition coefficient (Wildman–Crippen LogP) is 1.89. The number of azo groups is 1. The Kier molecular flexibility index (Phi) is 3.66. The summed E-state index contributed by atoms with van der Waals surface area (Å²) in [5.41, 5.74) is 5.49. The van der Waals surface area contributed by atoms with Crippen LogP contribution in [0.4, 0.5) is 5.69 Å². The summed E-state index contributed by atoms with van der Waals surface area (Å²) in [6.07, 6.45) is 4.06. The number of nitrogens with zero attached hydrogens (tertiary/aromatic N) is 2. The van der Waals surface area contributed by atoms with Crippen molar-refractivity contribution in [3.63, 3.8) is 0 Å². The first-order valence-electron chi connectivity index (χ1n) is 5.54. The lowest BCUT2D eigenvalue weighted by molar-refractivity contribution is -0.0343. The van der Waals surface area contributed by atoms with E-state index >= 15 is 0 Å². The maximum Gasteiger partial charge on any atom is 0.163 e. The summed E-state index contributed by atoms with van der Waals surface area (Å²) in [5, 5.41) is 17.9. The van der Waals surface area contributed by atoms with Crippen molar-refractivity contribution in [3.8, 4) is 0 Å². The highest BCUT2D eigenvalue weighted by Gasteiger charge is 2.31. The normalized spacial score (nSPS) is 27.5. The van der Waals surface area contributed by atoms with Gasteiger partial charge in [-0.2, -0.15) is 10.2 Å². The number of ether oxygens (including phenoxy) is 1. The number of rotatable bonds is 3. The van der Waals surface area contributed by atoms with Crippen molar-refractivity contribution in [2.75, 3.05) is 7.11 Å². The Bertz CT molecular complexity index is 492. The smallest absolute Gasteiger partial charge is 0.163 e. The highest BCUT2D eigenvalue weighted by molar-refractivity contribution is 5.36. The first-order chi connectivity index (χ1) is 8.62. The highest BCUT2D eigenvalue weighted by Crippen LogP contribution is 2.21. The maximum absolute atomic E-state index is 9.79. The molecular weight excluding hydrogens is 230 g/mol. The lowest BCUT2D eigenvalue weighted by Gasteiger charge is -2.28. The van der Waals surface area contributed by atoms with E-state index in [1.807, 2.05) is 30.3 Å². The fourth-order valence-corrected chi connectivity index (χ4v) is 1.59. The molecule has 0 amide bonds. The summed E-state index contributed by atoms with van der Waals surface area (Å²) in [6.45, 7) is 0. The van der Waals surface area contributed by atoms with Gasteiger partial charge in [0.1, 0.15) is 6.10 Å². The number of hydrogen-bond donors (Lipinski definition) is 2. The van der Waals surface area contributed by atoms with Crippen LogP contribution in [0.15, 0.2) is 64.5 Å². The maximum atomic E-state index is 9.79. The Balaban J connectivity index is 2.14. The van der Waals surface area contributed by atoms with Crippen LogP contribution in [0, 0.1) is 0 Å². The van der Waals surface area contributed by atoms with Crippen LogP contribution in [0.3, 0.4) is 0 Å². The van der Waals surface area contributed by atoms with Crippen LogP contribution < -0.4 is 5.73 Å². The van der Waals surface area contributed by atoms with Crippen LogP contribution in [0.2, 0.25) is 0 Å². The fraction of sp³-hybridized carbons (Fsp3) is 0.231. The van der Waals surface area contributed by atoms with Gasteiger partial charge in [0, 0.05) is 7.11 Å². The van der Waals surface area contributed by atoms with Crippen LogP contribution in [-0.4, -0.2) is 24.0 Å². The molecule has 5 nitrogen and oxygen atoms in total. The number of methoxy groups -OCH3 is 1. The third kappa shape index (κ3) is 2.89. The molecule has 94 valence electrons. The number of nitrogens with two attached hydrogens (primary N) is 1. The second-order valence-corrected chi connectivity index (χ2v) is 4.00. The molecule has 0 saturated heterocycles. The van der Waals surface area contributed by atoms with Gasteiger partial charge in [-0.05, 0) is 30.4 Å². The zero-order valence-corrected chi connectivity index (χ0v) is 10.0. The largest absolute Gasteiger partial charge is 0.372 e. The van der Waals surface area contributed by atoms with E-state index < -0.39 is 11.8 Å². The summed E-state index contributed by atoms with van der Waals surface area (Å²) in [6, 6.07) is 9.38. The molecule has 2 rings (SSSR count). The Morgan fingerprint density at radius 2 is 2.00 bits per heavy atom. The molecule has 3 N–H and O–H groups in total. The van der Waals surface area contributed by atoms with E-state index in [2.05, 4.69) is 10.2 Å². The minimum atomic E-state index is -1.50. The van der Waals surface area contributed by atoms with Gasteiger partial charge < -0.3 is 9.84 Å². The zero-order valence-electron chi connectivity index (χ0n) is 10.0. The van der Waals surface area contributed by atoms with Crippen molar-refractivity contribution < 1.29 is 9.84 Å².